The molecular formula is C28H35N5O8. The molecule has 3 aliphatic rings. The van der Waals surface area contributed by atoms with Gasteiger partial charge >= 0.3 is 0 Å². The van der Waals surface area contributed by atoms with Crippen LogP contribution in [0.5, 0.6) is 5.75 Å². The number of rotatable bonds is 8. The zero-order valence-corrected chi connectivity index (χ0v) is 23.3. The molecular weight excluding hydrogens is 534 g/mol. The molecule has 3 unspecified atom stereocenters. The second-order valence-electron chi connectivity index (χ2n) is 11.0. The van der Waals surface area contributed by atoms with Crippen molar-refractivity contribution in [1.82, 2.24) is 10.2 Å². The molecule has 0 bridgehead atoms. The van der Waals surface area contributed by atoms with E-state index in [1.165, 1.54) is 4.90 Å². The predicted molar refractivity (Wildman–Crippen MR) is 150 cm³/mol. The molecule has 1 saturated carbocycles. The fourth-order valence-electron chi connectivity index (χ4n) is 6.27. The van der Waals surface area contributed by atoms with Crippen molar-refractivity contribution in [2.24, 2.45) is 17.6 Å². The standard InChI is InChI=1S/C28H35N5O8/c1-6-7-30-11-17(34)31-15-10-16(32(2)3)13-8-12-9-14-21(33(4)5)24(37)20(27(29)40)26(39)28(14,41)25(38)18(12)23(36)19(13)22(15)35/h6,10,12,14,21,30,35-36,39,41H,1,7-9,11H2,2-5H3,(H2,29,40)(H,31,34)/t12?,14?,21-,28?/m0/s1. The molecule has 0 aromatic heterocycles. The number of carbonyl (C=O) groups excluding carboxylic acids is 4. The number of benzene rings is 1. The summed E-state index contributed by atoms with van der Waals surface area (Å²) in [5.74, 6) is -7.85. The molecule has 8 N–H and O–H groups in total. The number of aromatic hydroxyl groups is 1. The maximum atomic E-state index is 14.0. The number of phenolic OH excluding ortho intramolecular Hbond substituents is 1. The molecule has 220 valence electrons. The number of aliphatic hydroxyl groups excluding tert-OH is 2. The molecule has 1 aromatic rings. The topological polar surface area (TPSA) is 206 Å². The maximum Gasteiger partial charge on any atom is 0.255 e. The summed E-state index contributed by atoms with van der Waals surface area (Å²) in [4.78, 5) is 55.0. The third-order valence-electron chi connectivity index (χ3n) is 8.03. The highest BCUT2D eigenvalue weighted by molar-refractivity contribution is 6.24. The van der Waals surface area contributed by atoms with Crippen LogP contribution in [0.4, 0.5) is 11.4 Å². The van der Waals surface area contributed by atoms with Crippen LogP contribution in [0.3, 0.4) is 0 Å². The van der Waals surface area contributed by atoms with Gasteiger partial charge in [-0.15, -0.1) is 6.58 Å². The normalized spacial score (nSPS) is 25.5. The Bertz CT molecular complexity index is 1430. The fourth-order valence-corrected chi connectivity index (χ4v) is 6.27. The first kappa shape index (κ1) is 29.8. The van der Waals surface area contributed by atoms with Gasteiger partial charge in [-0.05, 0) is 44.5 Å². The number of nitrogens with zero attached hydrogens (tertiary/aromatic N) is 2. The maximum absolute atomic E-state index is 14.0. The molecule has 3 aliphatic carbocycles. The third-order valence-corrected chi connectivity index (χ3v) is 8.03. The van der Waals surface area contributed by atoms with E-state index in [0.29, 0.717) is 17.8 Å². The molecule has 0 saturated heterocycles. The van der Waals surface area contributed by atoms with Crippen molar-refractivity contribution < 1.29 is 39.6 Å². The lowest BCUT2D eigenvalue weighted by Crippen LogP contribution is -2.65. The van der Waals surface area contributed by atoms with Gasteiger partial charge in [0.15, 0.2) is 11.4 Å². The van der Waals surface area contributed by atoms with Crippen LogP contribution in [0.1, 0.15) is 17.5 Å². The van der Waals surface area contributed by atoms with Gasteiger partial charge in [0.2, 0.25) is 11.7 Å². The number of amides is 2. The number of hydrogen-bond donors (Lipinski definition) is 7. The van der Waals surface area contributed by atoms with E-state index in [4.69, 9.17) is 5.73 Å². The van der Waals surface area contributed by atoms with Gasteiger partial charge in [-0.25, -0.2) is 0 Å². The molecule has 1 aromatic carbocycles. The summed E-state index contributed by atoms with van der Waals surface area (Å²) in [6.45, 7) is 3.87. The summed E-state index contributed by atoms with van der Waals surface area (Å²) in [7, 11) is 6.55. The minimum Gasteiger partial charge on any atom is -0.508 e. The van der Waals surface area contributed by atoms with E-state index in [-0.39, 0.29) is 36.2 Å². The van der Waals surface area contributed by atoms with Gasteiger partial charge < -0.3 is 41.7 Å². The van der Waals surface area contributed by atoms with Crippen molar-refractivity contribution >= 4 is 40.5 Å². The average molecular weight is 570 g/mol. The predicted octanol–water partition coefficient (Wildman–Crippen LogP) is -0.256. The quantitative estimate of drug-likeness (QED) is 0.0940. The molecule has 4 rings (SSSR count). The first-order valence-corrected chi connectivity index (χ1v) is 13.0. The van der Waals surface area contributed by atoms with Crippen molar-refractivity contribution in [3.63, 3.8) is 0 Å². The van der Waals surface area contributed by atoms with Gasteiger partial charge in [0.25, 0.3) is 5.91 Å². The van der Waals surface area contributed by atoms with E-state index < -0.39 is 69.7 Å². The molecule has 2 amide bonds. The number of ketones is 2. The minimum atomic E-state index is -2.73. The minimum absolute atomic E-state index is 0.0157. The number of aliphatic hydroxyl groups is 3. The Morgan fingerprint density at radius 3 is 2.41 bits per heavy atom. The van der Waals surface area contributed by atoms with E-state index in [0.717, 1.165) is 0 Å². The SMILES string of the molecule is C=CCNCC(=O)Nc1cc(N(C)C)c2c(c1O)C(O)=C1C(=O)C3(O)C(O)=C(C(N)=O)C(=O)[C@@H](N(C)C)C3CC1C2. The van der Waals surface area contributed by atoms with Crippen molar-refractivity contribution in [1.29, 1.82) is 0 Å². The van der Waals surface area contributed by atoms with E-state index in [2.05, 4.69) is 17.2 Å². The third kappa shape index (κ3) is 4.55. The van der Waals surface area contributed by atoms with Crippen molar-refractivity contribution in [2.45, 2.75) is 24.5 Å². The lowest BCUT2D eigenvalue weighted by molar-refractivity contribution is -0.153. The Morgan fingerprint density at radius 2 is 1.85 bits per heavy atom. The molecule has 41 heavy (non-hydrogen) atoms. The highest BCUT2D eigenvalue weighted by Gasteiger charge is 2.64. The molecule has 0 aliphatic heterocycles. The Balaban J connectivity index is 1.90. The molecule has 0 heterocycles. The number of hydrogen-bond acceptors (Lipinski definition) is 11. The largest absolute Gasteiger partial charge is 0.508 e. The Labute approximate surface area is 236 Å². The lowest BCUT2D eigenvalue weighted by Gasteiger charge is -2.50. The smallest absolute Gasteiger partial charge is 0.255 e. The second kappa shape index (κ2) is 10.7. The number of carbonyl (C=O) groups is 4. The Kier molecular flexibility index (Phi) is 7.74. The van der Waals surface area contributed by atoms with Gasteiger partial charge in [-0.3, -0.25) is 24.1 Å². The van der Waals surface area contributed by atoms with Gasteiger partial charge in [-0.2, -0.15) is 0 Å². The van der Waals surface area contributed by atoms with Gasteiger partial charge in [-0.1, -0.05) is 6.08 Å². The number of nitrogens with two attached hydrogens (primary N) is 1. The molecule has 0 radical (unpaired) electrons. The second-order valence-corrected chi connectivity index (χ2v) is 11.0. The highest BCUT2D eigenvalue weighted by Crippen LogP contribution is 2.54. The summed E-state index contributed by atoms with van der Waals surface area (Å²) in [6.07, 6.45) is 1.69. The van der Waals surface area contributed by atoms with Crippen molar-refractivity contribution in [2.75, 3.05) is 51.5 Å². The first-order valence-electron chi connectivity index (χ1n) is 13.0. The number of likely N-dealkylation sites (N-methyl/N-ethyl adjacent to an activating group) is 1. The van der Waals surface area contributed by atoms with Crippen LogP contribution in [0.2, 0.25) is 0 Å². The molecule has 1 fully saturated rings. The first-order chi connectivity index (χ1) is 19.2. The van der Waals surface area contributed by atoms with E-state index in [9.17, 15) is 39.6 Å². The van der Waals surface area contributed by atoms with Crippen LogP contribution in [0, 0.1) is 11.8 Å². The van der Waals surface area contributed by atoms with Crippen LogP contribution in [-0.4, -0.2) is 102 Å². The molecule has 13 heteroatoms. The van der Waals surface area contributed by atoms with E-state index in [1.54, 1.807) is 45.2 Å². The number of phenols is 1. The van der Waals surface area contributed by atoms with Gasteiger partial charge in [0.05, 0.1) is 23.8 Å². The summed E-state index contributed by atoms with van der Waals surface area (Å²) in [6, 6.07) is 0.390. The van der Waals surface area contributed by atoms with Crippen molar-refractivity contribution in [3.05, 3.63) is 46.8 Å². The zero-order chi connectivity index (χ0) is 30.5. The van der Waals surface area contributed by atoms with Crippen LogP contribution in [0.25, 0.3) is 5.76 Å². The molecule has 13 nitrogen and oxygen atoms in total. The molecule has 0 spiro atoms. The van der Waals surface area contributed by atoms with Crippen LogP contribution in [0.15, 0.2) is 35.6 Å². The summed E-state index contributed by atoms with van der Waals surface area (Å²) in [5, 5.41) is 50.9. The fraction of sp³-hybridized carbons (Fsp3) is 0.429. The summed E-state index contributed by atoms with van der Waals surface area (Å²) >= 11 is 0. The zero-order valence-electron chi connectivity index (χ0n) is 23.3. The van der Waals surface area contributed by atoms with Crippen molar-refractivity contribution in [3.8, 4) is 5.75 Å². The van der Waals surface area contributed by atoms with Crippen LogP contribution < -0.4 is 21.3 Å². The Hall–Kier alpha value is -4.20. The Morgan fingerprint density at radius 1 is 1.20 bits per heavy atom. The molecule has 4 atom stereocenters. The lowest BCUT2D eigenvalue weighted by atomic mass is 9.57. The number of fused-ring (bicyclic) bond motifs is 3. The number of anilines is 2. The van der Waals surface area contributed by atoms with Crippen LogP contribution in [-0.2, 0) is 25.6 Å². The van der Waals surface area contributed by atoms with Gasteiger partial charge in [0, 0.05) is 37.8 Å². The summed E-state index contributed by atoms with van der Waals surface area (Å²) < 4.78 is 0. The average Bonchev–Trinajstić information content (AvgIpc) is 2.87. The summed E-state index contributed by atoms with van der Waals surface area (Å²) in [5.41, 5.74) is 2.39. The monoisotopic (exact) mass is 569 g/mol. The van der Waals surface area contributed by atoms with E-state index in [1.807, 2.05) is 0 Å². The number of primary amides is 1. The number of nitrogens with one attached hydrogen (secondary N) is 2. The van der Waals surface area contributed by atoms with E-state index >= 15 is 0 Å². The van der Waals surface area contributed by atoms with Gasteiger partial charge in [0.1, 0.15) is 22.8 Å². The van der Waals surface area contributed by atoms with Crippen LogP contribution >= 0.6 is 0 Å². The number of Topliss-reactive ketones (excluding diaryl/α,β-unsaturated/α-hetero) is 2. The highest BCUT2D eigenvalue weighted by atomic mass is 16.3.